The van der Waals surface area contributed by atoms with E-state index in [0.29, 0.717) is 13.1 Å². The van der Waals surface area contributed by atoms with Crippen molar-refractivity contribution in [2.45, 2.75) is 77.5 Å². The lowest BCUT2D eigenvalue weighted by molar-refractivity contribution is -0.136. The molecule has 2 aliphatic rings. The van der Waals surface area contributed by atoms with Crippen LogP contribution in [0.1, 0.15) is 65.5 Å². The first-order valence-corrected chi connectivity index (χ1v) is 17.7. The lowest BCUT2D eigenvalue weighted by Crippen LogP contribution is -2.50. The van der Waals surface area contributed by atoms with E-state index in [9.17, 15) is 19.2 Å². The van der Waals surface area contributed by atoms with Crippen molar-refractivity contribution >= 4 is 47.0 Å². The zero-order valence-electron chi connectivity index (χ0n) is 30.8. The number of rotatable bonds is 12. The van der Waals surface area contributed by atoms with Gasteiger partial charge in [-0.1, -0.05) is 72.8 Å². The summed E-state index contributed by atoms with van der Waals surface area (Å²) in [5.74, 6) is -2.30. The molecule has 0 aliphatic carbocycles. The van der Waals surface area contributed by atoms with Crippen LogP contribution in [-0.4, -0.2) is 72.0 Å². The third-order valence-corrected chi connectivity index (χ3v) is 9.28. The van der Waals surface area contributed by atoms with Crippen LogP contribution in [0.3, 0.4) is 0 Å². The van der Waals surface area contributed by atoms with Gasteiger partial charge < -0.3 is 25.0 Å². The SMILES string of the molecule is CC(C)(C)OC(=O)NC(C)(C)C(=O)N=C[C@@H](COCc1ccccc1)C(=O)NC1=CC(C(C)(C(=O)N2CCCC2)c2ccc3ccccc3c2)C=N1. The number of amides is 4. The Balaban J connectivity index is 1.36. The number of allylic oxidation sites excluding steroid dienone is 1. The average Bonchev–Trinajstić information content (AvgIpc) is 3.81. The number of aliphatic imine (C=N–C) groups is 2. The maximum absolute atomic E-state index is 14.3. The van der Waals surface area contributed by atoms with Gasteiger partial charge in [0, 0.05) is 31.4 Å². The molecule has 3 atom stereocenters. The van der Waals surface area contributed by atoms with Gasteiger partial charge in [0.05, 0.1) is 24.5 Å². The summed E-state index contributed by atoms with van der Waals surface area (Å²) in [4.78, 5) is 64.1. The van der Waals surface area contributed by atoms with E-state index in [1.807, 2.05) is 78.6 Å². The second-order valence-electron chi connectivity index (χ2n) is 15.1. The summed E-state index contributed by atoms with van der Waals surface area (Å²) in [5.41, 5.74) is -1.37. The molecule has 4 amide bonds. The van der Waals surface area contributed by atoms with E-state index >= 15 is 0 Å². The van der Waals surface area contributed by atoms with Gasteiger partial charge in [0.1, 0.15) is 17.0 Å². The summed E-state index contributed by atoms with van der Waals surface area (Å²) >= 11 is 0. The Labute approximate surface area is 305 Å². The van der Waals surface area contributed by atoms with Crippen LogP contribution in [0.15, 0.2) is 94.7 Å². The molecule has 1 fully saturated rings. The van der Waals surface area contributed by atoms with Gasteiger partial charge in [-0.3, -0.25) is 14.4 Å². The summed E-state index contributed by atoms with van der Waals surface area (Å²) in [7, 11) is 0. The van der Waals surface area contributed by atoms with Crippen LogP contribution in [0.25, 0.3) is 10.8 Å². The van der Waals surface area contributed by atoms with Crippen LogP contribution < -0.4 is 10.6 Å². The molecule has 3 aromatic carbocycles. The van der Waals surface area contributed by atoms with Crippen LogP contribution in [0, 0.1) is 11.8 Å². The van der Waals surface area contributed by atoms with E-state index in [0.717, 1.165) is 34.7 Å². The summed E-state index contributed by atoms with van der Waals surface area (Å²) in [6.45, 7) is 11.7. The molecule has 0 spiro atoms. The van der Waals surface area contributed by atoms with Crippen LogP contribution in [0.5, 0.6) is 0 Å². The van der Waals surface area contributed by atoms with Gasteiger partial charge in [0.15, 0.2) is 0 Å². The van der Waals surface area contributed by atoms with E-state index in [4.69, 9.17) is 9.47 Å². The predicted molar refractivity (Wildman–Crippen MR) is 202 cm³/mol. The van der Waals surface area contributed by atoms with Crippen molar-refractivity contribution in [3.63, 3.8) is 0 Å². The van der Waals surface area contributed by atoms with Crippen molar-refractivity contribution in [2.24, 2.45) is 21.8 Å². The molecule has 0 radical (unpaired) electrons. The molecule has 3 aromatic rings. The Kier molecular flexibility index (Phi) is 11.7. The number of carbonyl (C=O) groups is 4. The van der Waals surface area contributed by atoms with Crippen molar-refractivity contribution in [3.05, 3.63) is 95.8 Å². The van der Waals surface area contributed by atoms with Gasteiger partial charge in [0.25, 0.3) is 5.91 Å². The number of alkyl carbamates (subject to hydrolysis) is 1. The quantitative estimate of drug-likeness (QED) is 0.218. The van der Waals surface area contributed by atoms with Crippen LogP contribution in [0.2, 0.25) is 0 Å². The molecule has 52 heavy (non-hydrogen) atoms. The normalized spacial score (nSPS) is 17.8. The molecular weight excluding hydrogens is 658 g/mol. The molecule has 0 bridgehead atoms. The number of nitrogens with one attached hydrogen (secondary N) is 2. The Morgan fingerprint density at radius 3 is 2.29 bits per heavy atom. The minimum atomic E-state index is -1.41. The van der Waals surface area contributed by atoms with Crippen molar-refractivity contribution < 1.29 is 28.7 Å². The molecule has 2 aliphatic heterocycles. The molecule has 11 nitrogen and oxygen atoms in total. The van der Waals surface area contributed by atoms with Crippen LogP contribution in [0.4, 0.5) is 4.79 Å². The first kappa shape index (κ1) is 38.1. The highest BCUT2D eigenvalue weighted by Crippen LogP contribution is 2.39. The number of benzene rings is 3. The minimum absolute atomic E-state index is 0.0148. The standard InChI is InChI=1S/C41H49N5O6/c1-39(2,3)52-38(50)45-40(4,5)36(48)43-24-31(27-51-26-28-14-8-7-9-15-28)35(47)44-34-23-33(25-42-34)41(6,37(49)46-20-12-13-21-46)32-19-18-29-16-10-11-17-30(29)22-32/h7-11,14-19,22-25,31,33H,12-13,20-21,26-27H2,1-6H3,(H,44,47)(H,45,50)/t31-,33?,41?/m0/s1. The van der Waals surface area contributed by atoms with E-state index in [-0.39, 0.29) is 24.9 Å². The molecule has 5 rings (SSSR count). The zero-order chi connectivity index (χ0) is 37.5. The molecule has 0 saturated carbocycles. The van der Waals surface area contributed by atoms with Gasteiger partial charge in [0.2, 0.25) is 11.8 Å². The number of nitrogens with zero attached hydrogens (tertiary/aromatic N) is 3. The fraction of sp³-hybridized carbons (Fsp3) is 0.415. The lowest BCUT2D eigenvalue weighted by atomic mass is 9.71. The summed E-state index contributed by atoms with van der Waals surface area (Å²) < 4.78 is 11.2. The monoisotopic (exact) mass is 707 g/mol. The Morgan fingerprint density at radius 1 is 0.923 bits per heavy atom. The van der Waals surface area contributed by atoms with E-state index in [1.165, 1.54) is 20.1 Å². The van der Waals surface area contributed by atoms with E-state index in [2.05, 4.69) is 26.7 Å². The number of ether oxygens (including phenoxy) is 2. The van der Waals surface area contributed by atoms with Gasteiger partial charge in [-0.15, -0.1) is 0 Å². The van der Waals surface area contributed by atoms with Crippen LogP contribution >= 0.6 is 0 Å². The highest BCUT2D eigenvalue weighted by atomic mass is 16.6. The molecule has 2 N–H and O–H groups in total. The number of likely N-dealkylation sites (tertiary alicyclic amines) is 1. The Bertz CT molecular complexity index is 1870. The largest absolute Gasteiger partial charge is 0.444 e. The van der Waals surface area contributed by atoms with Crippen LogP contribution in [-0.2, 0) is 35.9 Å². The van der Waals surface area contributed by atoms with Gasteiger partial charge in [-0.25, -0.2) is 14.8 Å². The summed E-state index contributed by atoms with van der Waals surface area (Å²) in [6.07, 6.45) is 5.90. The third kappa shape index (κ3) is 9.38. The molecular formula is C41H49N5O6. The first-order chi connectivity index (χ1) is 24.7. The van der Waals surface area contributed by atoms with Crippen molar-refractivity contribution in [1.29, 1.82) is 0 Å². The fourth-order valence-electron chi connectivity index (χ4n) is 6.24. The third-order valence-electron chi connectivity index (χ3n) is 9.28. The van der Waals surface area contributed by atoms with E-state index < -0.39 is 46.3 Å². The average molecular weight is 708 g/mol. The minimum Gasteiger partial charge on any atom is -0.444 e. The van der Waals surface area contributed by atoms with E-state index in [1.54, 1.807) is 33.1 Å². The number of fused-ring (bicyclic) bond motifs is 1. The summed E-state index contributed by atoms with van der Waals surface area (Å²) in [5, 5.41) is 7.52. The van der Waals surface area contributed by atoms with Crippen molar-refractivity contribution in [2.75, 3.05) is 19.7 Å². The smallest absolute Gasteiger partial charge is 0.408 e. The number of carbonyl (C=O) groups excluding carboxylic acids is 4. The maximum Gasteiger partial charge on any atom is 0.408 e. The van der Waals surface area contributed by atoms with Gasteiger partial charge in [-0.05, 0) is 82.4 Å². The maximum atomic E-state index is 14.3. The van der Waals surface area contributed by atoms with Crippen molar-refractivity contribution in [3.8, 4) is 0 Å². The highest BCUT2D eigenvalue weighted by molar-refractivity contribution is 6.01. The molecule has 2 heterocycles. The second-order valence-corrected chi connectivity index (χ2v) is 15.1. The Morgan fingerprint density at radius 2 is 1.60 bits per heavy atom. The molecule has 274 valence electrons. The van der Waals surface area contributed by atoms with Crippen molar-refractivity contribution in [1.82, 2.24) is 15.5 Å². The zero-order valence-corrected chi connectivity index (χ0v) is 30.8. The first-order valence-electron chi connectivity index (χ1n) is 17.7. The lowest BCUT2D eigenvalue weighted by Gasteiger charge is -2.36. The topological polar surface area (TPSA) is 139 Å². The number of hydrogen-bond acceptors (Lipinski definition) is 7. The molecule has 2 unspecified atom stereocenters. The number of hydrogen-bond donors (Lipinski definition) is 2. The van der Waals surface area contributed by atoms with Gasteiger partial charge >= 0.3 is 6.09 Å². The molecule has 0 aromatic heterocycles. The molecule has 1 saturated heterocycles. The Hall–Kier alpha value is -5.16. The molecule has 11 heteroatoms. The van der Waals surface area contributed by atoms with Gasteiger partial charge in [-0.2, -0.15) is 0 Å². The summed E-state index contributed by atoms with van der Waals surface area (Å²) in [6, 6.07) is 23.6. The fourth-order valence-corrected chi connectivity index (χ4v) is 6.24. The predicted octanol–water partition coefficient (Wildman–Crippen LogP) is 6.11. The highest BCUT2D eigenvalue weighted by Gasteiger charge is 2.46. The second kappa shape index (κ2) is 16.0.